The zero-order valence-electron chi connectivity index (χ0n) is 12.5. The Balaban J connectivity index is 1.90. The lowest BCUT2D eigenvalue weighted by Gasteiger charge is -2.27. The van der Waals surface area contributed by atoms with Gasteiger partial charge in [-0.2, -0.15) is 0 Å². The maximum atomic E-state index is 5.63. The van der Waals surface area contributed by atoms with Crippen molar-refractivity contribution in [2.45, 2.75) is 45.4 Å². The largest absolute Gasteiger partial charge is 0.356 e. The van der Waals surface area contributed by atoms with E-state index in [0.717, 1.165) is 42.1 Å². The van der Waals surface area contributed by atoms with Gasteiger partial charge in [-0.1, -0.05) is 13.8 Å². The van der Waals surface area contributed by atoms with Crippen LogP contribution in [0.3, 0.4) is 0 Å². The van der Waals surface area contributed by atoms with Crippen molar-refractivity contribution >= 4 is 11.6 Å². The highest BCUT2D eigenvalue weighted by Gasteiger charge is 2.31. The first kappa shape index (κ1) is 13.6. The van der Waals surface area contributed by atoms with Gasteiger partial charge in [-0.25, -0.2) is 15.8 Å². The number of anilines is 2. The zero-order chi connectivity index (χ0) is 14.1. The van der Waals surface area contributed by atoms with Gasteiger partial charge in [0, 0.05) is 18.7 Å². The monoisotopic (exact) mass is 275 g/mol. The Morgan fingerprint density at radius 2 is 1.80 bits per heavy atom. The molecule has 0 bridgehead atoms. The molecule has 5 nitrogen and oxygen atoms in total. The second kappa shape index (κ2) is 5.56. The molecule has 1 aromatic rings. The van der Waals surface area contributed by atoms with Crippen molar-refractivity contribution in [1.29, 1.82) is 0 Å². The van der Waals surface area contributed by atoms with E-state index in [1.54, 1.807) is 6.33 Å². The van der Waals surface area contributed by atoms with E-state index in [2.05, 4.69) is 34.1 Å². The zero-order valence-corrected chi connectivity index (χ0v) is 12.5. The summed E-state index contributed by atoms with van der Waals surface area (Å²) in [5.74, 6) is 9.55. The Hall–Kier alpha value is -1.36. The molecule has 0 saturated heterocycles. The Morgan fingerprint density at radius 3 is 2.25 bits per heavy atom. The third-order valence-corrected chi connectivity index (χ3v) is 4.23. The fourth-order valence-corrected chi connectivity index (χ4v) is 2.76. The number of aromatic nitrogens is 2. The molecule has 20 heavy (non-hydrogen) atoms. The molecule has 0 amide bonds. The van der Waals surface area contributed by atoms with E-state index >= 15 is 0 Å². The molecule has 3 N–H and O–H groups in total. The van der Waals surface area contributed by atoms with E-state index in [4.69, 9.17) is 5.84 Å². The molecule has 0 spiro atoms. The van der Waals surface area contributed by atoms with Crippen LogP contribution >= 0.6 is 0 Å². The van der Waals surface area contributed by atoms with Crippen LogP contribution in [0.15, 0.2) is 6.33 Å². The molecule has 1 aromatic heterocycles. The van der Waals surface area contributed by atoms with Crippen molar-refractivity contribution in [3.8, 4) is 0 Å². The smallest absolute Gasteiger partial charge is 0.148 e. The van der Waals surface area contributed by atoms with E-state index in [-0.39, 0.29) is 0 Å². The maximum absolute atomic E-state index is 5.63. The minimum atomic E-state index is 0.359. The van der Waals surface area contributed by atoms with Gasteiger partial charge in [0.1, 0.15) is 18.0 Å². The van der Waals surface area contributed by atoms with E-state index in [1.165, 1.54) is 25.7 Å². The Morgan fingerprint density at radius 1 is 1.20 bits per heavy atom. The molecule has 2 aliphatic carbocycles. The first-order valence-corrected chi connectivity index (χ1v) is 7.75. The molecule has 0 aliphatic heterocycles. The van der Waals surface area contributed by atoms with E-state index in [9.17, 15) is 0 Å². The number of hydrogen-bond acceptors (Lipinski definition) is 5. The number of hydrazine groups is 1. The summed E-state index contributed by atoms with van der Waals surface area (Å²) in [6.45, 7) is 6.62. The molecule has 2 saturated carbocycles. The molecule has 110 valence electrons. The van der Waals surface area contributed by atoms with Gasteiger partial charge >= 0.3 is 0 Å². The van der Waals surface area contributed by atoms with Crippen LogP contribution < -0.4 is 16.2 Å². The Kier molecular flexibility index (Phi) is 3.78. The number of nitrogens with one attached hydrogen (secondary N) is 1. The molecule has 2 fully saturated rings. The van der Waals surface area contributed by atoms with Gasteiger partial charge in [-0.15, -0.1) is 0 Å². The fraction of sp³-hybridized carbons (Fsp3) is 0.733. The third kappa shape index (κ3) is 3.03. The number of hydrogen-bond donors (Lipinski definition) is 2. The van der Waals surface area contributed by atoms with Crippen LogP contribution in [-0.2, 0) is 0 Å². The molecule has 0 atom stereocenters. The van der Waals surface area contributed by atoms with E-state index in [1.807, 2.05) is 0 Å². The fourth-order valence-electron chi connectivity index (χ4n) is 2.76. The molecule has 2 aliphatic rings. The summed E-state index contributed by atoms with van der Waals surface area (Å²) in [5.41, 5.74) is 3.88. The quantitative estimate of drug-likeness (QED) is 0.591. The van der Waals surface area contributed by atoms with Crippen LogP contribution in [0, 0.1) is 11.8 Å². The lowest BCUT2D eigenvalue weighted by molar-refractivity contribution is 0.662. The van der Waals surface area contributed by atoms with E-state index < -0.39 is 0 Å². The van der Waals surface area contributed by atoms with Gasteiger partial charge in [0.05, 0.1) is 0 Å². The van der Waals surface area contributed by atoms with Crippen LogP contribution in [0.2, 0.25) is 0 Å². The topological polar surface area (TPSA) is 67.1 Å². The predicted molar refractivity (Wildman–Crippen MR) is 81.6 cm³/mol. The summed E-state index contributed by atoms with van der Waals surface area (Å²) in [6, 6.07) is 0. The number of rotatable bonds is 7. The Bertz CT molecular complexity index is 451. The van der Waals surface area contributed by atoms with Crippen molar-refractivity contribution in [2.24, 2.45) is 17.7 Å². The van der Waals surface area contributed by atoms with Crippen molar-refractivity contribution in [3.05, 3.63) is 11.9 Å². The average Bonchev–Trinajstić information content (AvgIpc) is 3.32. The highest BCUT2D eigenvalue weighted by molar-refractivity contribution is 5.60. The molecule has 0 radical (unpaired) electrons. The van der Waals surface area contributed by atoms with Gasteiger partial charge in [0.15, 0.2) is 0 Å². The van der Waals surface area contributed by atoms with Crippen molar-refractivity contribution in [1.82, 2.24) is 9.97 Å². The van der Waals surface area contributed by atoms with Gasteiger partial charge < -0.3 is 10.3 Å². The van der Waals surface area contributed by atoms with Crippen LogP contribution in [0.1, 0.15) is 51.0 Å². The van der Waals surface area contributed by atoms with E-state index in [0.29, 0.717) is 5.92 Å². The standard InChI is InChI=1S/C15H25N5/c1-10(2)13-14(19-16)17-9-18-15(13)20(7-11-3-4-11)8-12-5-6-12/h9-12H,3-8,16H2,1-2H3,(H,17,18,19). The molecule has 3 rings (SSSR count). The molecular formula is C15H25N5. The first-order valence-electron chi connectivity index (χ1n) is 7.75. The minimum absolute atomic E-state index is 0.359. The maximum Gasteiger partial charge on any atom is 0.148 e. The number of nitrogens with two attached hydrogens (primary N) is 1. The highest BCUT2D eigenvalue weighted by Crippen LogP contribution is 2.38. The first-order chi connectivity index (χ1) is 9.69. The molecule has 5 heteroatoms. The lowest BCUT2D eigenvalue weighted by atomic mass is 10.0. The van der Waals surface area contributed by atoms with Crippen molar-refractivity contribution in [3.63, 3.8) is 0 Å². The second-order valence-corrected chi connectivity index (χ2v) is 6.55. The second-order valence-electron chi connectivity index (χ2n) is 6.55. The molecule has 0 aromatic carbocycles. The minimum Gasteiger partial charge on any atom is -0.356 e. The van der Waals surface area contributed by atoms with Gasteiger partial charge in [0.2, 0.25) is 0 Å². The summed E-state index contributed by atoms with van der Waals surface area (Å²) in [6.07, 6.45) is 7.09. The van der Waals surface area contributed by atoms with Crippen LogP contribution in [0.25, 0.3) is 0 Å². The lowest BCUT2D eigenvalue weighted by Crippen LogP contribution is -2.31. The highest BCUT2D eigenvalue weighted by atomic mass is 15.3. The van der Waals surface area contributed by atoms with Gasteiger partial charge in [0.25, 0.3) is 0 Å². The summed E-state index contributed by atoms with van der Waals surface area (Å²) in [4.78, 5) is 11.3. The van der Waals surface area contributed by atoms with Crippen molar-refractivity contribution < 1.29 is 0 Å². The SMILES string of the molecule is CC(C)c1c(NN)ncnc1N(CC1CC1)CC1CC1. The molecular weight excluding hydrogens is 250 g/mol. The summed E-state index contributed by atoms with van der Waals surface area (Å²) in [7, 11) is 0. The molecule has 0 unspecified atom stereocenters. The number of nitrogens with zero attached hydrogens (tertiary/aromatic N) is 3. The third-order valence-electron chi connectivity index (χ3n) is 4.23. The van der Waals surface area contributed by atoms with Crippen LogP contribution in [-0.4, -0.2) is 23.1 Å². The normalized spacial score (nSPS) is 18.4. The Labute approximate surface area is 120 Å². The summed E-state index contributed by atoms with van der Waals surface area (Å²) >= 11 is 0. The molecule has 1 heterocycles. The van der Waals surface area contributed by atoms with Gasteiger partial charge in [-0.3, -0.25) is 0 Å². The van der Waals surface area contributed by atoms with Crippen LogP contribution in [0.5, 0.6) is 0 Å². The van der Waals surface area contributed by atoms with Crippen LogP contribution in [0.4, 0.5) is 11.6 Å². The average molecular weight is 275 g/mol. The van der Waals surface area contributed by atoms with Crippen molar-refractivity contribution in [2.75, 3.05) is 23.4 Å². The van der Waals surface area contributed by atoms with Gasteiger partial charge in [-0.05, 0) is 43.4 Å². The summed E-state index contributed by atoms with van der Waals surface area (Å²) < 4.78 is 0. The number of nitrogen functional groups attached to an aromatic ring is 1. The summed E-state index contributed by atoms with van der Waals surface area (Å²) in [5, 5.41) is 0. The predicted octanol–water partition coefficient (Wildman–Crippen LogP) is 2.51.